The highest BCUT2D eigenvalue weighted by Gasteiger charge is 2.37. The average molecular weight is 1700 g/mol. The van der Waals surface area contributed by atoms with Crippen LogP contribution in [0.15, 0.2) is 118 Å². The number of piperidine rings is 2. The van der Waals surface area contributed by atoms with E-state index in [9.17, 15) is 32.3 Å². The van der Waals surface area contributed by atoms with Crippen LogP contribution < -0.4 is 31.8 Å². The Morgan fingerprint density at radius 1 is 0.415 bits per heavy atom. The summed E-state index contributed by atoms with van der Waals surface area (Å²) in [6, 6.07) is 24.0. The lowest BCUT2D eigenvalue weighted by molar-refractivity contribution is -0.128. The van der Waals surface area contributed by atoms with E-state index in [1.807, 2.05) is 67.2 Å². The summed E-state index contributed by atoms with van der Waals surface area (Å²) < 4.78 is 49.0. The minimum Gasteiger partial charge on any atom is -0.353 e. The monoisotopic (exact) mass is 1700 g/mol. The van der Waals surface area contributed by atoms with Crippen molar-refractivity contribution in [2.24, 2.45) is 11.8 Å². The first kappa shape index (κ1) is 85.5. The predicted octanol–water partition coefficient (Wildman–Crippen LogP) is 18.9. The highest BCUT2D eigenvalue weighted by molar-refractivity contribution is 6.35. The van der Waals surface area contributed by atoms with Gasteiger partial charge in [0, 0.05) is 67.0 Å². The van der Waals surface area contributed by atoms with Gasteiger partial charge < -0.3 is 19.6 Å². The Balaban J connectivity index is 0.000000154. The molecule has 0 N–H and O–H groups in total. The van der Waals surface area contributed by atoms with Crippen molar-refractivity contribution in [2.45, 2.75) is 178 Å². The van der Waals surface area contributed by atoms with Crippen LogP contribution in [-0.4, -0.2) is 135 Å². The summed E-state index contributed by atoms with van der Waals surface area (Å²) in [4.78, 5) is 117. The summed E-state index contributed by atoms with van der Waals surface area (Å²) in [7, 11) is 0. The first-order valence-electron chi connectivity index (χ1n) is 39.4. The third-order valence-electron chi connectivity index (χ3n) is 21.9. The third kappa shape index (κ3) is 16.8. The van der Waals surface area contributed by atoms with Gasteiger partial charge in [-0.1, -0.05) is 133 Å². The summed E-state index contributed by atoms with van der Waals surface area (Å²) in [5.74, 6) is 1.13. The fourth-order valence-electron chi connectivity index (χ4n) is 16.0. The molecule has 614 valence electrons. The van der Waals surface area contributed by atoms with Gasteiger partial charge in [-0.3, -0.25) is 4.79 Å². The number of carbonyl (C=O) groups is 1. The van der Waals surface area contributed by atoms with Gasteiger partial charge in [-0.2, -0.15) is 15.0 Å². The first-order valence-corrected chi connectivity index (χ1v) is 41.3. The molecule has 3 aliphatic rings. The largest absolute Gasteiger partial charge is 0.355 e. The van der Waals surface area contributed by atoms with Crippen molar-refractivity contribution in [3.8, 4) is 50.8 Å². The van der Waals surface area contributed by atoms with Crippen LogP contribution in [0.4, 0.5) is 30.6 Å². The maximum atomic E-state index is 15.0. The SMILES string of the molecule is C=CC(=O)N1C[C@H](C)N(c2nc(=O)n(-c3c(C)nc(C)nc3C(C)C)c3nc(-c4ccccc4F)c(Cl)cc23)C[C@H]1C.Cc1nc(Cl)nc(C(C)C)c1-n1c(=O)nc(N2C[C@@H](C)CC[C@@H]2C)c2cc(Cl)c(-c3ccccc3F)nc21.Cc1nc(Cl)nc(C(C)C)c1-n1c(=O)nc(N2C[C@@H](C)CC[C@@H]2C)c2cc(Cl)c(-c3ccccc3F)nc21. The zero-order chi connectivity index (χ0) is 85.1. The fraction of sp³-hybridized carbons (Fsp3) is 0.379. The van der Waals surface area contributed by atoms with Crippen molar-refractivity contribution in [1.29, 1.82) is 0 Å². The van der Waals surface area contributed by atoms with Gasteiger partial charge in [-0.05, 0) is 195 Å². The third-order valence-corrected chi connectivity index (χ3v) is 23.1. The quantitative estimate of drug-likeness (QED) is 0.0768. The van der Waals surface area contributed by atoms with E-state index < -0.39 is 34.5 Å². The maximum Gasteiger partial charge on any atom is 0.355 e. The lowest BCUT2D eigenvalue weighted by atomic mass is 9.95. The van der Waals surface area contributed by atoms with Crippen LogP contribution in [0.25, 0.3) is 83.9 Å². The fourth-order valence-corrected chi connectivity index (χ4v) is 17.2. The van der Waals surface area contributed by atoms with Gasteiger partial charge in [-0.25, -0.2) is 86.1 Å². The highest BCUT2D eigenvalue weighted by Crippen LogP contribution is 2.43. The average Bonchev–Trinajstić information content (AvgIpc) is 0.742. The topological polar surface area (TPSA) is 251 Å². The van der Waals surface area contributed by atoms with Gasteiger partial charge in [0.25, 0.3) is 0 Å². The normalized spacial score (nSPS) is 17.7. The van der Waals surface area contributed by atoms with Gasteiger partial charge in [0.05, 0.1) is 99.5 Å². The number of aromatic nitrogens is 15. The van der Waals surface area contributed by atoms with Crippen LogP contribution in [0.1, 0.15) is 167 Å². The molecule has 0 saturated carbocycles. The summed E-state index contributed by atoms with van der Waals surface area (Å²) in [6.07, 6.45) is 5.46. The van der Waals surface area contributed by atoms with Gasteiger partial charge in [-0.15, -0.1) is 0 Å². The van der Waals surface area contributed by atoms with E-state index in [4.69, 9.17) is 73.0 Å². The molecule has 31 heteroatoms. The second kappa shape index (κ2) is 34.9. The Bertz CT molecular complexity index is 5930. The Hall–Kier alpha value is -10.4. The zero-order valence-corrected chi connectivity index (χ0v) is 72.2. The Morgan fingerprint density at radius 3 is 1.07 bits per heavy atom. The number of hydrogen-bond acceptors (Lipinski definition) is 19. The molecule has 0 unspecified atom stereocenters. The molecule has 3 saturated heterocycles. The Labute approximate surface area is 706 Å². The number of aryl methyl sites for hydroxylation is 4. The standard InChI is InChI=1S/C31H33ClFN7O2.2C28H29Cl2FN6O/c1-8-25(41)38-14-18(5)39(15-17(38)4)29-22-13-23(32)27(21-11-9-10-12-24(21)33)36-30(22)40(31(42)37-29)28-19(6)34-20(7)35-26(28)16(2)3;2*1-14(2)22-24(17(5)32-27(30)34-22)37-26-19(12-20(29)23(33-26)18-8-6-7-9-21(18)31)25(35-28(37)38)36-13-15(3)10-11-16(36)4/h8-13,16-18H,1,14-15H2,2-7H3;2*6-9,12,14-16H,10-11,13H2,1-5H3/t17-,18+;2*15-,16-/m100/s1. The van der Waals surface area contributed by atoms with Crippen molar-refractivity contribution in [1.82, 2.24) is 78.4 Å². The number of benzene rings is 3. The minimum absolute atomic E-state index is 0.0447. The number of piperazine rings is 1. The molecule has 9 aromatic heterocycles. The molecule has 3 aromatic carbocycles. The van der Waals surface area contributed by atoms with Crippen molar-refractivity contribution >= 4 is 114 Å². The van der Waals surface area contributed by atoms with E-state index in [-0.39, 0.29) is 113 Å². The molecule has 0 radical (unpaired) electrons. The molecule has 0 bridgehead atoms. The van der Waals surface area contributed by atoms with Gasteiger partial charge in [0.1, 0.15) is 40.7 Å². The lowest BCUT2D eigenvalue weighted by Gasteiger charge is -2.44. The number of anilines is 3. The van der Waals surface area contributed by atoms with Gasteiger partial charge in [0.15, 0.2) is 16.9 Å². The smallest absolute Gasteiger partial charge is 0.353 e. The summed E-state index contributed by atoms with van der Waals surface area (Å²) in [5, 5.41) is 2.63. The second-order valence-corrected chi connectivity index (χ2v) is 33.7. The lowest BCUT2D eigenvalue weighted by Crippen LogP contribution is -2.58. The van der Waals surface area contributed by atoms with Gasteiger partial charge >= 0.3 is 17.1 Å². The van der Waals surface area contributed by atoms with Crippen molar-refractivity contribution in [2.75, 3.05) is 40.9 Å². The molecule has 118 heavy (non-hydrogen) atoms. The number of fused-ring (bicyclic) bond motifs is 3. The molecule has 12 heterocycles. The summed E-state index contributed by atoms with van der Waals surface area (Å²) in [6.45, 7) is 37.5. The zero-order valence-electron chi connectivity index (χ0n) is 68.5. The number of amides is 1. The number of halogens is 8. The van der Waals surface area contributed by atoms with Gasteiger partial charge in [0.2, 0.25) is 16.5 Å². The Morgan fingerprint density at radius 2 is 0.737 bits per heavy atom. The van der Waals surface area contributed by atoms with Crippen molar-refractivity contribution in [3.63, 3.8) is 0 Å². The molecule has 23 nitrogen and oxygen atoms in total. The molecular formula is C87H91Cl5F3N19O4. The van der Waals surface area contributed by atoms with Crippen molar-refractivity contribution < 1.29 is 18.0 Å². The van der Waals surface area contributed by atoms with E-state index in [2.05, 4.69) is 88.9 Å². The minimum atomic E-state index is -0.575. The molecular weight excluding hydrogens is 1610 g/mol. The summed E-state index contributed by atoms with van der Waals surface area (Å²) >= 11 is 32.7. The molecule has 1 amide bonds. The number of carbonyl (C=O) groups excluding carboxylic acids is 1. The number of pyridine rings is 3. The molecule has 0 aliphatic carbocycles. The van der Waals surface area contributed by atoms with E-state index in [0.29, 0.717) is 127 Å². The van der Waals surface area contributed by atoms with E-state index in [1.54, 1.807) is 98.5 Å². The van der Waals surface area contributed by atoms with E-state index >= 15 is 0 Å². The molecule has 15 rings (SSSR count). The van der Waals surface area contributed by atoms with E-state index in [1.165, 1.54) is 38.0 Å². The molecule has 3 aliphatic heterocycles. The van der Waals surface area contributed by atoms with Crippen LogP contribution in [0.3, 0.4) is 0 Å². The second-order valence-electron chi connectivity index (χ2n) is 31.8. The van der Waals surface area contributed by atoms with Crippen LogP contribution in [0.2, 0.25) is 25.6 Å². The molecule has 6 atom stereocenters. The number of rotatable bonds is 13. The molecule has 12 aromatic rings. The predicted molar refractivity (Wildman–Crippen MR) is 463 cm³/mol. The maximum absolute atomic E-state index is 15.0. The first-order chi connectivity index (χ1) is 56.0. The molecule has 3 fully saturated rings. The molecule has 0 spiro atoms. The summed E-state index contributed by atoms with van der Waals surface area (Å²) in [5.41, 5.74) is 5.49. The van der Waals surface area contributed by atoms with E-state index in [0.717, 1.165) is 38.8 Å². The van der Waals surface area contributed by atoms with Crippen LogP contribution >= 0.6 is 58.0 Å². The van der Waals surface area contributed by atoms with Crippen LogP contribution in [0.5, 0.6) is 0 Å². The number of hydrogen-bond donors (Lipinski definition) is 0. The Kier molecular flexibility index (Phi) is 25.3. The van der Waals surface area contributed by atoms with Crippen molar-refractivity contribution in [3.05, 3.63) is 218 Å². The number of nitrogens with zero attached hydrogens (tertiary/aromatic N) is 19. The highest BCUT2D eigenvalue weighted by atomic mass is 35.5. The van der Waals surface area contributed by atoms with Crippen LogP contribution in [0, 0.1) is 57.0 Å². The van der Waals surface area contributed by atoms with Crippen LogP contribution in [-0.2, 0) is 4.79 Å².